The van der Waals surface area contributed by atoms with Gasteiger partial charge in [0.2, 0.25) is 15.9 Å². The van der Waals surface area contributed by atoms with Crippen molar-refractivity contribution in [3.05, 3.63) is 54.1 Å². The van der Waals surface area contributed by atoms with Crippen LogP contribution in [0, 0.1) is 11.6 Å². The molecule has 0 atom stereocenters. The van der Waals surface area contributed by atoms with E-state index in [-0.39, 0.29) is 17.1 Å². The van der Waals surface area contributed by atoms with Gasteiger partial charge in [0.05, 0.1) is 17.1 Å². The first-order chi connectivity index (χ1) is 12.8. The molecule has 2 N–H and O–H groups in total. The summed E-state index contributed by atoms with van der Waals surface area (Å²) in [5, 5.41) is 5.14. The first-order valence-corrected chi connectivity index (χ1v) is 9.81. The van der Waals surface area contributed by atoms with Crippen LogP contribution in [0.25, 0.3) is 0 Å². The van der Waals surface area contributed by atoms with Crippen LogP contribution in [-0.2, 0) is 14.8 Å². The maximum Gasteiger partial charge on any atom is 0.243 e. The van der Waals surface area contributed by atoms with Gasteiger partial charge < -0.3 is 10.6 Å². The van der Waals surface area contributed by atoms with Crippen molar-refractivity contribution < 1.29 is 22.0 Å². The quantitative estimate of drug-likeness (QED) is 0.718. The Bertz CT molecular complexity index is 899. The molecule has 0 saturated heterocycles. The van der Waals surface area contributed by atoms with Gasteiger partial charge in [-0.25, -0.2) is 17.2 Å². The lowest BCUT2D eigenvalue weighted by molar-refractivity contribution is -0.114. The summed E-state index contributed by atoms with van der Waals surface area (Å²) in [5.74, 6) is -2.13. The van der Waals surface area contributed by atoms with Crippen LogP contribution in [0.5, 0.6) is 0 Å². The molecule has 0 unspecified atom stereocenters. The van der Waals surface area contributed by atoms with Crippen molar-refractivity contribution >= 4 is 27.3 Å². The highest BCUT2D eigenvalue weighted by Crippen LogP contribution is 2.18. The third kappa shape index (κ3) is 5.24. The molecule has 0 fully saturated rings. The van der Waals surface area contributed by atoms with E-state index in [0.717, 1.165) is 12.1 Å². The van der Waals surface area contributed by atoms with Crippen molar-refractivity contribution in [2.75, 3.05) is 30.3 Å². The van der Waals surface area contributed by atoms with E-state index in [9.17, 15) is 22.0 Å². The second-order valence-corrected chi connectivity index (χ2v) is 7.58. The number of amides is 1. The summed E-state index contributed by atoms with van der Waals surface area (Å²) in [6, 6.07) is 8.85. The Hall–Kier alpha value is -2.52. The molecular formula is C18H21F2N3O3S. The molecule has 1 amide bonds. The van der Waals surface area contributed by atoms with Gasteiger partial charge in [-0.05, 0) is 36.4 Å². The first-order valence-electron chi connectivity index (χ1n) is 8.37. The number of carbonyl (C=O) groups excluding carboxylic acids is 1. The van der Waals surface area contributed by atoms with Crippen molar-refractivity contribution in [2.24, 2.45) is 0 Å². The lowest BCUT2D eigenvalue weighted by atomic mass is 10.3. The predicted octanol–water partition coefficient (Wildman–Crippen LogP) is 3.05. The van der Waals surface area contributed by atoms with E-state index in [2.05, 4.69) is 10.6 Å². The summed E-state index contributed by atoms with van der Waals surface area (Å²) in [4.78, 5) is 12.0. The molecule has 2 aromatic rings. The van der Waals surface area contributed by atoms with Gasteiger partial charge >= 0.3 is 0 Å². The smallest absolute Gasteiger partial charge is 0.243 e. The van der Waals surface area contributed by atoms with Crippen LogP contribution in [0.15, 0.2) is 47.4 Å². The Balaban J connectivity index is 1.97. The Labute approximate surface area is 157 Å². The molecule has 0 spiro atoms. The lowest BCUT2D eigenvalue weighted by Gasteiger charge is -2.18. The molecule has 0 aliphatic heterocycles. The fourth-order valence-corrected chi connectivity index (χ4v) is 3.88. The van der Waals surface area contributed by atoms with Crippen molar-refractivity contribution in [3.63, 3.8) is 0 Å². The minimum Gasteiger partial charge on any atom is -0.376 e. The molecule has 0 aromatic heterocycles. The summed E-state index contributed by atoms with van der Waals surface area (Å²) in [7, 11) is -3.54. The minimum absolute atomic E-state index is 0.121. The zero-order valence-corrected chi connectivity index (χ0v) is 15.8. The Kier molecular flexibility index (Phi) is 6.86. The summed E-state index contributed by atoms with van der Waals surface area (Å²) >= 11 is 0. The van der Waals surface area contributed by atoms with Crippen molar-refractivity contribution in [3.8, 4) is 0 Å². The van der Waals surface area contributed by atoms with Gasteiger partial charge in [0.15, 0.2) is 0 Å². The van der Waals surface area contributed by atoms with Crippen LogP contribution >= 0.6 is 0 Å². The number of nitrogens with zero attached hydrogens (tertiary/aromatic N) is 1. The number of carbonyl (C=O) groups is 1. The maximum atomic E-state index is 13.5. The zero-order chi connectivity index (χ0) is 20.0. The summed E-state index contributed by atoms with van der Waals surface area (Å²) in [5.41, 5.74) is 0.409. The topological polar surface area (TPSA) is 78.5 Å². The number of rotatable bonds is 8. The number of hydrogen-bond acceptors (Lipinski definition) is 4. The highest BCUT2D eigenvalue weighted by molar-refractivity contribution is 7.89. The van der Waals surface area contributed by atoms with Crippen LogP contribution in [0.2, 0.25) is 0 Å². The molecule has 0 aliphatic rings. The van der Waals surface area contributed by atoms with E-state index < -0.39 is 27.6 Å². The summed E-state index contributed by atoms with van der Waals surface area (Å²) < 4.78 is 52.5. The van der Waals surface area contributed by atoms with Gasteiger partial charge in [0, 0.05) is 24.8 Å². The summed E-state index contributed by atoms with van der Waals surface area (Å²) in [6.45, 7) is 4.11. The van der Waals surface area contributed by atoms with Crippen LogP contribution in [0.4, 0.5) is 20.2 Å². The molecule has 9 heteroatoms. The highest BCUT2D eigenvalue weighted by Gasteiger charge is 2.21. The number of anilines is 2. The molecule has 6 nitrogen and oxygen atoms in total. The number of benzene rings is 2. The second kappa shape index (κ2) is 8.92. The fraction of sp³-hybridized carbons (Fsp3) is 0.278. The second-order valence-electron chi connectivity index (χ2n) is 5.64. The average molecular weight is 397 g/mol. The molecule has 0 radical (unpaired) electrons. The Morgan fingerprint density at radius 1 is 1.04 bits per heavy atom. The SMILES string of the molecule is CCN(CC)S(=O)(=O)c1ccc(NCC(=O)Nc2ccc(F)cc2F)cc1. The predicted molar refractivity (Wildman–Crippen MR) is 100 cm³/mol. The first kappa shape index (κ1) is 20.8. The van der Waals surface area contributed by atoms with E-state index in [1.54, 1.807) is 26.0 Å². The van der Waals surface area contributed by atoms with Crippen LogP contribution in [0.1, 0.15) is 13.8 Å². The van der Waals surface area contributed by atoms with E-state index in [1.165, 1.54) is 16.4 Å². The van der Waals surface area contributed by atoms with Gasteiger partial charge in [-0.3, -0.25) is 4.79 Å². The average Bonchev–Trinajstić information content (AvgIpc) is 2.63. The Morgan fingerprint density at radius 2 is 1.67 bits per heavy atom. The third-order valence-electron chi connectivity index (χ3n) is 3.86. The normalized spacial score (nSPS) is 11.4. The van der Waals surface area contributed by atoms with Gasteiger partial charge in [-0.15, -0.1) is 0 Å². The standard InChI is InChI=1S/C18H21F2N3O3S/c1-3-23(4-2)27(25,26)15-8-6-14(7-9-15)21-12-18(24)22-17-10-5-13(19)11-16(17)20/h5-11,21H,3-4,12H2,1-2H3,(H,22,24). The fourth-order valence-electron chi connectivity index (χ4n) is 2.42. The molecule has 27 heavy (non-hydrogen) atoms. The van der Waals surface area contributed by atoms with E-state index in [4.69, 9.17) is 0 Å². The number of sulfonamides is 1. The van der Waals surface area contributed by atoms with Gasteiger partial charge in [-0.1, -0.05) is 13.8 Å². The molecule has 0 heterocycles. The van der Waals surface area contributed by atoms with Gasteiger partial charge in [-0.2, -0.15) is 4.31 Å². The van der Waals surface area contributed by atoms with Crippen molar-refractivity contribution in [1.82, 2.24) is 4.31 Å². The number of nitrogens with one attached hydrogen (secondary N) is 2. The monoisotopic (exact) mass is 397 g/mol. The molecule has 2 rings (SSSR count). The zero-order valence-electron chi connectivity index (χ0n) is 15.0. The van der Waals surface area contributed by atoms with Crippen molar-refractivity contribution in [1.29, 1.82) is 0 Å². The van der Waals surface area contributed by atoms with E-state index >= 15 is 0 Å². The maximum absolute atomic E-state index is 13.5. The van der Waals surface area contributed by atoms with E-state index in [1.807, 2.05) is 0 Å². The van der Waals surface area contributed by atoms with Gasteiger partial charge in [0.1, 0.15) is 11.6 Å². The molecular weight excluding hydrogens is 376 g/mol. The molecule has 146 valence electrons. The highest BCUT2D eigenvalue weighted by atomic mass is 32.2. The lowest BCUT2D eigenvalue weighted by Crippen LogP contribution is -2.30. The van der Waals surface area contributed by atoms with Crippen molar-refractivity contribution in [2.45, 2.75) is 18.7 Å². The minimum atomic E-state index is -3.54. The van der Waals surface area contributed by atoms with Crippen LogP contribution in [-0.4, -0.2) is 38.3 Å². The Morgan fingerprint density at radius 3 is 2.22 bits per heavy atom. The van der Waals surface area contributed by atoms with E-state index in [0.29, 0.717) is 24.8 Å². The molecule has 0 saturated carbocycles. The number of hydrogen-bond donors (Lipinski definition) is 2. The van der Waals surface area contributed by atoms with Crippen LogP contribution in [0.3, 0.4) is 0 Å². The molecule has 2 aromatic carbocycles. The van der Waals surface area contributed by atoms with Crippen LogP contribution < -0.4 is 10.6 Å². The third-order valence-corrected chi connectivity index (χ3v) is 5.92. The summed E-state index contributed by atoms with van der Waals surface area (Å²) in [6.07, 6.45) is 0. The molecule has 0 aliphatic carbocycles. The largest absolute Gasteiger partial charge is 0.376 e. The molecule has 0 bridgehead atoms. The van der Waals surface area contributed by atoms with Gasteiger partial charge in [0.25, 0.3) is 0 Å². The number of halogens is 2.